The van der Waals surface area contributed by atoms with Crippen molar-refractivity contribution in [1.82, 2.24) is 19.9 Å². The number of aldehydes is 1. The number of likely N-dealkylation sites (tertiary alicyclic amines) is 1. The predicted octanol–water partition coefficient (Wildman–Crippen LogP) is 7.84. The Labute approximate surface area is 269 Å². The van der Waals surface area contributed by atoms with Crippen LogP contribution in [0.3, 0.4) is 0 Å². The molecule has 4 heterocycles. The average molecular weight is 632 g/mol. The van der Waals surface area contributed by atoms with Gasteiger partial charge in [0.1, 0.15) is 17.3 Å². The van der Waals surface area contributed by atoms with Crippen LogP contribution in [0.4, 0.5) is 11.5 Å². The number of carboxylic acid groups (broad SMARTS) is 1. The quantitative estimate of drug-likeness (QED) is 0.162. The van der Waals surface area contributed by atoms with E-state index < -0.39 is 5.97 Å². The van der Waals surface area contributed by atoms with Gasteiger partial charge in [-0.2, -0.15) is 0 Å². The lowest BCUT2D eigenvalue weighted by atomic mass is 9.93. The third-order valence-corrected chi connectivity index (χ3v) is 9.01. The fraction of sp³-hybridized carbons (Fsp3) is 0.194. The van der Waals surface area contributed by atoms with Crippen molar-refractivity contribution in [3.63, 3.8) is 0 Å². The minimum atomic E-state index is -0.730. The molecule has 1 fully saturated rings. The number of nitrogens with zero attached hydrogens (tertiary/aromatic N) is 4. The van der Waals surface area contributed by atoms with Crippen LogP contribution >= 0.6 is 11.6 Å². The summed E-state index contributed by atoms with van der Waals surface area (Å²) in [5.41, 5.74) is 9.05. The van der Waals surface area contributed by atoms with Gasteiger partial charge in [-0.1, -0.05) is 35.9 Å². The average Bonchev–Trinajstić information content (AvgIpc) is 3.70. The molecule has 10 heteroatoms. The summed E-state index contributed by atoms with van der Waals surface area (Å²) in [7, 11) is 0. The third kappa shape index (κ3) is 5.48. The number of carbonyl (C=O) groups is 2. The van der Waals surface area contributed by atoms with Crippen molar-refractivity contribution in [3.05, 3.63) is 100 Å². The van der Waals surface area contributed by atoms with E-state index in [1.165, 1.54) is 0 Å². The van der Waals surface area contributed by atoms with Crippen LogP contribution in [-0.2, 0) is 11.3 Å². The maximum atomic E-state index is 11.4. The fourth-order valence-electron chi connectivity index (χ4n) is 6.26. The minimum absolute atomic E-state index is 0.308. The summed E-state index contributed by atoms with van der Waals surface area (Å²) in [4.78, 5) is 38.9. The zero-order valence-electron chi connectivity index (χ0n) is 25.3. The number of carbonyl (C=O) groups excluding carboxylic acids is 1. The van der Waals surface area contributed by atoms with E-state index in [1.807, 2.05) is 43.5 Å². The SMILES string of the molecule is Cc1c(Nc2nccc3cc(CN4CC[C@@H](C(=O)O)C4)cnc23)cccc1-c1cccc(-c2nc3cc(C=O)cc(Cl)c3o2)c1C. The van der Waals surface area contributed by atoms with Crippen molar-refractivity contribution in [2.45, 2.75) is 26.8 Å². The van der Waals surface area contributed by atoms with Crippen molar-refractivity contribution in [1.29, 1.82) is 0 Å². The molecule has 0 aliphatic carbocycles. The van der Waals surface area contributed by atoms with Crippen LogP contribution in [0.15, 0.2) is 77.5 Å². The summed E-state index contributed by atoms with van der Waals surface area (Å²) in [6, 6.07) is 19.4. The first-order valence-electron chi connectivity index (χ1n) is 15.0. The Balaban J connectivity index is 1.18. The van der Waals surface area contributed by atoms with E-state index in [0.717, 1.165) is 62.8 Å². The van der Waals surface area contributed by atoms with Gasteiger partial charge >= 0.3 is 5.97 Å². The molecule has 1 aliphatic heterocycles. The van der Waals surface area contributed by atoms with Crippen molar-refractivity contribution < 1.29 is 19.1 Å². The smallest absolute Gasteiger partial charge is 0.307 e. The van der Waals surface area contributed by atoms with Gasteiger partial charge < -0.3 is 14.8 Å². The van der Waals surface area contributed by atoms with Gasteiger partial charge in [0.05, 0.1) is 10.9 Å². The highest BCUT2D eigenvalue weighted by molar-refractivity contribution is 6.35. The van der Waals surface area contributed by atoms with Crippen LogP contribution in [0, 0.1) is 19.8 Å². The van der Waals surface area contributed by atoms with Crippen molar-refractivity contribution in [3.8, 4) is 22.6 Å². The molecule has 3 aromatic heterocycles. The largest absolute Gasteiger partial charge is 0.481 e. The molecule has 0 spiro atoms. The number of nitrogens with one attached hydrogen (secondary N) is 1. The highest BCUT2D eigenvalue weighted by Crippen LogP contribution is 2.38. The molecule has 0 amide bonds. The van der Waals surface area contributed by atoms with E-state index in [2.05, 4.69) is 45.3 Å². The second kappa shape index (κ2) is 12.0. The van der Waals surface area contributed by atoms with Crippen LogP contribution in [0.2, 0.25) is 5.02 Å². The normalized spacial score (nSPS) is 15.1. The Morgan fingerprint density at radius 2 is 1.85 bits per heavy atom. The Morgan fingerprint density at radius 3 is 2.63 bits per heavy atom. The monoisotopic (exact) mass is 631 g/mol. The second-order valence-corrected chi connectivity index (χ2v) is 12.1. The molecule has 6 aromatic rings. The van der Waals surface area contributed by atoms with E-state index >= 15 is 0 Å². The predicted molar refractivity (Wildman–Crippen MR) is 179 cm³/mol. The third-order valence-electron chi connectivity index (χ3n) is 8.73. The number of aromatic nitrogens is 3. The maximum absolute atomic E-state index is 11.4. The Hall–Kier alpha value is -5.12. The molecule has 0 bridgehead atoms. The number of fused-ring (bicyclic) bond motifs is 2. The molecule has 2 N–H and O–H groups in total. The summed E-state index contributed by atoms with van der Waals surface area (Å²) in [6.45, 7) is 6.09. The summed E-state index contributed by atoms with van der Waals surface area (Å²) >= 11 is 6.38. The molecule has 7 rings (SSSR count). The topological polar surface area (TPSA) is 121 Å². The highest BCUT2D eigenvalue weighted by Gasteiger charge is 2.28. The second-order valence-electron chi connectivity index (χ2n) is 11.7. The number of hydrogen-bond acceptors (Lipinski definition) is 8. The number of halogens is 1. The van der Waals surface area contributed by atoms with Gasteiger partial charge in [-0.3, -0.25) is 19.5 Å². The Kier molecular flexibility index (Phi) is 7.72. The minimum Gasteiger partial charge on any atom is -0.481 e. The number of aliphatic carboxylic acids is 1. The van der Waals surface area contributed by atoms with E-state index in [4.69, 9.17) is 21.0 Å². The molecule has 46 heavy (non-hydrogen) atoms. The molecule has 3 aromatic carbocycles. The van der Waals surface area contributed by atoms with E-state index in [9.17, 15) is 14.7 Å². The van der Waals surface area contributed by atoms with E-state index in [1.54, 1.807) is 18.3 Å². The zero-order valence-corrected chi connectivity index (χ0v) is 26.0. The molecular weight excluding hydrogens is 602 g/mol. The highest BCUT2D eigenvalue weighted by atomic mass is 35.5. The standard InChI is InChI=1S/C36H30ClN5O4/c1-20-26(5-3-7-28(20)35-41-31-15-22(19-43)14-29(37)33(31)46-35)27-6-4-8-30(21(27)2)40-34-32-24(9-11-38-34)13-23(16-39-32)17-42-12-10-25(18-42)36(44)45/h3-9,11,13-16,19,25H,10,12,17-18H2,1-2H3,(H,38,40)(H,44,45)/t25-/m1/s1. The maximum Gasteiger partial charge on any atom is 0.307 e. The van der Waals surface area contributed by atoms with Gasteiger partial charge in [0, 0.05) is 47.7 Å². The van der Waals surface area contributed by atoms with Crippen molar-refractivity contribution in [2.24, 2.45) is 5.92 Å². The summed E-state index contributed by atoms with van der Waals surface area (Å²) in [6.07, 6.45) is 5.03. The summed E-state index contributed by atoms with van der Waals surface area (Å²) in [5.74, 6) is 0.0484. The van der Waals surface area contributed by atoms with E-state index in [-0.39, 0.29) is 5.92 Å². The van der Waals surface area contributed by atoms with Crippen LogP contribution < -0.4 is 5.32 Å². The number of carboxylic acids is 1. The first-order chi connectivity index (χ1) is 22.3. The Bertz CT molecular complexity index is 2160. The zero-order chi connectivity index (χ0) is 31.9. The van der Waals surface area contributed by atoms with Crippen molar-refractivity contribution >= 4 is 57.4 Å². The van der Waals surface area contributed by atoms with Gasteiger partial charge in [-0.05, 0) is 91.0 Å². The molecule has 1 atom stereocenters. The first-order valence-corrected chi connectivity index (χ1v) is 15.4. The van der Waals surface area contributed by atoms with Gasteiger partial charge in [0.25, 0.3) is 0 Å². The van der Waals surface area contributed by atoms with Gasteiger partial charge in [0.2, 0.25) is 5.89 Å². The number of hydrogen-bond donors (Lipinski definition) is 2. The first kappa shape index (κ1) is 29.6. The number of benzene rings is 3. The lowest BCUT2D eigenvalue weighted by Crippen LogP contribution is -2.22. The van der Waals surface area contributed by atoms with Gasteiger partial charge in [-0.25, -0.2) is 9.97 Å². The molecule has 1 aliphatic rings. The van der Waals surface area contributed by atoms with Crippen LogP contribution in [0.1, 0.15) is 33.5 Å². The molecule has 0 saturated carbocycles. The van der Waals surface area contributed by atoms with Crippen LogP contribution in [0.5, 0.6) is 0 Å². The number of pyridine rings is 2. The number of rotatable bonds is 8. The molecule has 1 saturated heterocycles. The van der Waals surface area contributed by atoms with Crippen LogP contribution in [0.25, 0.3) is 44.6 Å². The lowest BCUT2D eigenvalue weighted by molar-refractivity contribution is -0.141. The molecular formula is C36H30ClN5O4. The van der Waals surface area contributed by atoms with Gasteiger partial charge in [0.15, 0.2) is 11.4 Å². The molecule has 9 nitrogen and oxygen atoms in total. The Morgan fingerprint density at radius 1 is 1.07 bits per heavy atom. The number of oxazole rings is 1. The van der Waals surface area contributed by atoms with Gasteiger partial charge in [-0.15, -0.1) is 0 Å². The molecule has 230 valence electrons. The lowest BCUT2D eigenvalue weighted by Gasteiger charge is -2.17. The summed E-state index contributed by atoms with van der Waals surface area (Å²) in [5, 5.41) is 14.2. The van der Waals surface area contributed by atoms with Crippen LogP contribution in [-0.4, -0.2) is 50.3 Å². The number of anilines is 2. The van der Waals surface area contributed by atoms with E-state index in [0.29, 0.717) is 52.9 Å². The molecule has 0 unspecified atom stereocenters. The fourth-order valence-corrected chi connectivity index (χ4v) is 6.53. The molecule has 0 radical (unpaired) electrons. The summed E-state index contributed by atoms with van der Waals surface area (Å²) < 4.78 is 6.08. The van der Waals surface area contributed by atoms with Crippen molar-refractivity contribution in [2.75, 3.05) is 18.4 Å².